The Morgan fingerprint density at radius 2 is 2.16 bits per heavy atom. The zero-order valence-electron chi connectivity index (χ0n) is 10.2. The van der Waals surface area contributed by atoms with E-state index in [1.807, 2.05) is 0 Å². The summed E-state index contributed by atoms with van der Waals surface area (Å²) in [7, 11) is 1.19. The van der Waals surface area contributed by atoms with E-state index in [-0.39, 0.29) is 13.0 Å². The normalized spacial score (nSPS) is 11.7. The lowest BCUT2D eigenvalue weighted by atomic mass is 9.99. The van der Waals surface area contributed by atoms with E-state index in [2.05, 4.69) is 10.1 Å². The highest BCUT2D eigenvalue weighted by atomic mass is 19.1. The Hall–Kier alpha value is -2.31. The first-order valence-electron chi connectivity index (χ1n) is 5.46. The van der Waals surface area contributed by atoms with Crippen LogP contribution in [0.5, 0.6) is 5.75 Å². The Labute approximate surface area is 108 Å². The van der Waals surface area contributed by atoms with Crippen molar-refractivity contribution in [3.63, 3.8) is 0 Å². The second-order valence-corrected chi connectivity index (χ2v) is 3.90. The quantitative estimate of drug-likeness (QED) is 0.698. The maximum absolute atomic E-state index is 13.2. The lowest BCUT2D eigenvalue weighted by Gasteiger charge is -2.14. The van der Waals surface area contributed by atoms with Crippen LogP contribution in [0.1, 0.15) is 5.56 Å². The van der Waals surface area contributed by atoms with Crippen molar-refractivity contribution in [2.45, 2.75) is 6.42 Å². The van der Waals surface area contributed by atoms with Gasteiger partial charge in [0.1, 0.15) is 0 Å². The van der Waals surface area contributed by atoms with Gasteiger partial charge in [-0.25, -0.2) is 9.18 Å². The Balaban J connectivity index is 2.78. The smallest absolute Gasteiger partial charge is 0.404 e. The Morgan fingerprint density at radius 3 is 2.68 bits per heavy atom. The van der Waals surface area contributed by atoms with Crippen molar-refractivity contribution < 1.29 is 28.9 Å². The van der Waals surface area contributed by atoms with Crippen LogP contribution in [0.3, 0.4) is 0 Å². The summed E-state index contributed by atoms with van der Waals surface area (Å²) >= 11 is 0. The molecule has 0 saturated heterocycles. The number of nitrogens with one attached hydrogen (secondary N) is 1. The van der Waals surface area contributed by atoms with Gasteiger partial charge in [-0.05, 0) is 24.1 Å². The number of phenols is 1. The van der Waals surface area contributed by atoms with Crippen LogP contribution in [-0.2, 0) is 16.0 Å². The number of hydrogen-bond acceptors (Lipinski definition) is 4. The number of amides is 1. The van der Waals surface area contributed by atoms with Gasteiger partial charge in [-0.1, -0.05) is 6.07 Å². The molecule has 0 aliphatic heterocycles. The molecule has 0 heterocycles. The fourth-order valence-electron chi connectivity index (χ4n) is 1.58. The molecule has 0 spiro atoms. The van der Waals surface area contributed by atoms with E-state index in [1.54, 1.807) is 0 Å². The van der Waals surface area contributed by atoms with E-state index >= 15 is 0 Å². The fraction of sp³-hybridized carbons (Fsp3) is 0.333. The molecular formula is C12H14FNO5. The number of halogens is 1. The molecule has 1 rings (SSSR count). The van der Waals surface area contributed by atoms with Gasteiger partial charge < -0.3 is 20.3 Å². The number of phenolic OH excluding ortho intramolecular Hbond substituents is 1. The minimum Gasteiger partial charge on any atom is -0.505 e. The van der Waals surface area contributed by atoms with Crippen LogP contribution in [0.4, 0.5) is 9.18 Å². The van der Waals surface area contributed by atoms with Gasteiger partial charge in [-0.2, -0.15) is 0 Å². The van der Waals surface area contributed by atoms with E-state index in [9.17, 15) is 14.0 Å². The molecule has 1 atom stereocenters. The second kappa shape index (κ2) is 6.58. The zero-order chi connectivity index (χ0) is 14.4. The third-order valence-electron chi connectivity index (χ3n) is 2.53. The lowest BCUT2D eigenvalue weighted by molar-refractivity contribution is -0.145. The summed E-state index contributed by atoms with van der Waals surface area (Å²) in [5.74, 6) is -2.64. The van der Waals surface area contributed by atoms with E-state index in [0.717, 1.165) is 6.07 Å². The third-order valence-corrected chi connectivity index (χ3v) is 2.53. The molecular weight excluding hydrogens is 257 g/mol. The highest BCUT2D eigenvalue weighted by Gasteiger charge is 2.21. The van der Waals surface area contributed by atoms with Crippen LogP contribution in [0.2, 0.25) is 0 Å². The molecule has 1 aromatic carbocycles. The van der Waals surface area contributed by atoms with E-state index in [4.69, 9.17) is 10.2 Å². The summed E-state index contributed by atoms with van der Waals surface area (Å²) in [6.45, 7) is -0.134. The predicted octanol–water partition coefficient (Wildman–Crippen LogP) is 1.13. The molecule has 3 N–H and O–H groups in total. The number of benzene rings is 1. The highest BCUT2D eigenvalue weighted by molar-refractivity contribution is 5.74. The first-order valence-corrected chi connectivity index (χ1v) is 5.46. The molecule has 0 saturated carbocycles. The highest BCUT2D eigenvalue weighted by Crippen LogP contribution is 2.18. The standard InChI is InChI=1S/C12H14FNO5/c1-19-11(16)8(6-14-12(17)18)4-7-2-3-10(15)9(13)5-7/h2-3,5,8,14-15H,4,6H2,1H3,(H,17,18). The van der Waals surface area contributed by atoms with Gasteiger partial charge >= 0.3 is 12.1 Å². The van der Waals surface area contributed by atoms with Crippen LogP contribution in [-0.4, -0.2) is 35.9 Å². The van der Waals surface area contributed by atoms with Crippen LogP contribution in [0.25, 0.3) is 0 Å². The molecule has 104 valence electrons. The Kier molecular flexibility index (Phi) is 5.11. The summed E-state index contributed by atoms with van der Waals surface area (Å²) in [4.78, 5) is 21.9. The number of carbonyl (C=O) groups is 2. The molecule has 0 aliphatic rings. The molecule has 6 nitrogen and oxygen atoms in total. The Bertz CT molecular complexity index is 477. The van der Waals surface area contributed by atoms with Gasteiger partial charge in [-0.15, -0.1) is 0 Å². The van der Waals surface area contributed by atoms with Crippen molar-refractivity contribution >= 4 is 12.1 Å². The van der Waals surface area contributed by atoms with E-state index < -0.39 is 29.5 Å². The second-order valence-electron chi connectivity index (χ2n) is 3.90. The predicted molar refractivity (Wildman–Crippen MR) is 63.3 cm³/mol. The third kappa shape index (κ3) is 4.46. The maximum atomic E-state index is 13.2. The van der Waals surface area contributed by atoms with Crippen molar-refractivity contribution in [3.8, 4) is 5.75 Å². The minimum absolute atomic E-state index is 0.101. The summed E-state index contributed by atoms with van der Waals surface area (Å²) in [5.41, 5.74) is 0.456. The number of ether oxygens (including phenoxy) is 1. The Morgan fingerprint density at radius 1 is 1.47 bits per heavy atom. The average Bonchev–Trinajstić information content (AvgIpc) is 2.37. The molecule has 0 radical (unpaired) electrons. The number of methoxy groups -OCH3 is 1. The number of carboxylic acid groups (broad SMARTS) is 1. The van der Waals surface area contributed by atoms with Gasteiger partial charge in [0.2, 0.25) is 0 Å². The van der Waals surface area contributed by atoms with Gasteiger partial charge in [-0.3, -0.25) is 4.79 Å². The average molecular weight is 271 g/mol. The maximum Gasteiger partial charge on any atom is 0.404 e. The number of hydrogen-bond donors (Lipinski definition) is 3. The van der Waals surface area contributed by atoms with Crippen molar-refractivity contribution in [3.05, 3.63) is 29.6 Å². The van der Waals surface area contributed by atoms with Crippen molar-refractivity contribution in [2.75, 3.05) is 13.7 Å². The number of rotatable bonds is 5. The van der Waals surface area contributed by atoms with Crippen LogP contribution < -0.4 is 5.32 Å². The molecule has 0 aliphatic carbocycles. The summed E-state index contributed by atoms with van der Waals surface area (Å²) < 4.78 is 17.7. The van der Waals surface area contributed by atoms with Crippen molar-refractivity contribution in [1.82, 2.24) is 5.32 Å². The molecule has 19 heavy (non-hydrogen) atoms. The SMILES string of the molecule is COC(=O)C(CNC(=O)O)Cc1ccc(O)c(F)c1. The van der Waals surface area contributed by atoms with Gasteiger partial charge in [0.05, 0.1) is 13.0 Å². The molecule has 0 fully saturated rings. The van der Waals surface area contributed by atoms with Crippen molar-refractivity contribution in [2.24, 2.45) is 5.92 Å². The van der Waals surface area contributed by atoms with Gasteiger partial charge in [0.25, 0.3) is 0 Å². The largest absolute Gasteiger partial charge is 0.505 e. The van der Waals surface area contributed by atoms with Crippen LogP contribution >= 0.6 is 0 Å². The molecule has 7 heteroatoms. The van der Waals surface area contributed by atoms with Gasteiger partial charge in [0, 0.05) is 6.54 Å². The summed E-state index contributed by atoms with van der Waals surface area (Å²) in [6, 6.07) is 3.71. The summed E-state index contributed by atoms with van der Waals surface area (Å²) in [6.07, 6.45) is -1.16. The first kappa shape index (κ1) is 14.7. The number of aromatic hydroxyl groups is 1. The monoisotopic (exact) mass is 271 g/mol. The number of esters is 1. The van der Waals surface area contributed by atoms with E-state index in [1.165, 1.54) is 19.2 Å². The molecule has 0 aromatic heterocycles. The molecule has 0 bridgehead atoms. The lowest BCUT2D eigenvalue weighted by Crippen LogP contribution is -2.33. The van der Waals surface area contributed by atoms with Gasteiger partial charge in [0.15, 0.2) is 11.6 Å². The molecule has 1 aromatic rings. The fourth-order valence-corrected chi connectivity index (χ4v) is 1.58. The van der Waals surface area contributed by atoms with E-state index in [0.29, 0.717) is 5.56 Å². The summed E-state index contributed by atoms with van der Waals surface area (Å²) in [5, 5.41) is 19.6. The van der Waals surface area contributed by atoms with Crippen LogP contribution in [0, 0.1) is 11.7 Å². The minimum atomic E-state index is -1.26. The molecule has 1 unspecified atom stereocenters. The first-order chi connectivity index (χ1) is 8.93. The topological polar surface area (TPSA) is 95.9 Å². The molecule has 1 amide bonds. The zero-order valence-corrected chi connectivity index (χ0v) is 10.2. The number of carbonyl (C=O) groups excluding carboxylic acids is 1. The van der Waals surface area contributed by atoms with Crippen LogP contribution in [0.15, 0.2) is 18.2 Å². The van der Waals surface area contributed by atoms with Crippen molar-refractivity contribution in [1.29, 1.82) is 0 Å².